The SMILES string of the molecule is C=CCC(C)NC(=O)NCC1CCCCC1C(=O)O. The van der Waals surface area contributed by atoms with Crippen molar-refractivity contribution < 1.29 is 14.7 Å². The first-order valence-corrected chi connectivity index (χ1v) is 6.92. The smallest absolute Gasteiger partial charge is 0.315 e. The summed E-state index contributed by atoms with van der Waals surface area (Å²) >= 11 is 0. The number of carboxylic acid groups (broad SMARTS) is 1. The molecule has 5 nitrogen and oxygen atoms in total. The molecular weight excluding hydrogens is 244 g/mol. The van der Waals surface area contributed by atoms with Gasteiger partial charge in [0, 0.05) is 12.6 Å². The van der Waals surface area contributed by atoms with Gasteiger partial charge in [-0.1, -0.05) is 18.9 Å². The van der Waals surface area contributed by atoms with E-state index in [0.29, 0.717) is 13.0 Å². The molecule has 0 saturated heterocycles. The number of nitrogens with one attached hydrogen (secondary N) is 2. The van der Waals surface area contributed by atoms with Crippen LogP contribution in [0.3, 0.4) is 0 Å². The predicted molar refractivity (Wildman–Crippen MR) is 73.9 cm³/mol. The van der Waals surface area contributed by atoms with E-state index in [0.717, 1.165) is 25.7 Å². The number of urea groups is 1. The first-order valence-electron chi connectivity index (χ1n) is 6.92. The highest BCUT2D eigenvalue weighted by atomic mass is 16.4. The topological polar surface area (TPSA) is 78.4 Å². The maximum Gasteiger partial charge on any atom is 0.315 e. The van der Waals surface area contributed by atoms with E-state index in [9.17, 15) is 9.59 Å². The van der Waals surface area contributed by atoms with Crippen molar-refractivity contribution in [1.82, 2.24) is 10.6 Å². The molecule has 0 aliphatic heterocycles. The molecule has 3 unspecified atom stereocenters. The van der Waals surface area contributed by atoms with Crippen molar-refractivity contribution in [3.63, 3.8) is 0 Å². The van der Waals surface area contributed by atoms with Gasteiger partial charge in [-0.2, -0.15) is 0 Å². The van der Waals surface area contributed by atoms with Crippen LogP contribution in [-0.2, 0) is 4.79 Å². The molecule has 3 atom stereocenters. The van der Waals surface area contributed by atoms with Crippen LogP contribution < -0.4 is 10.6 Å². The Balaban J connectivity index is 2.35. The van der Waals surface area contributed by atoms with Gasteiger partial charge >= 0.3 is 12.0 Å². The van der Waals surface area contributed by atoms with Gasteiger partial charge in [0.1, 0.15) is 0 Å². The molecule has 1 fully saturated rings. The fourth-order valence-corrected chi connectivity index (χ4v) is 2.58. The predicted octanol–water partition coefficient (Wildman–Crippen LogP) is 2.14. The molecule has 0 heterocycles. The highest BCUT2D eigenvalue weighted by molar-refractivity contribution is 5.74. The van der Waals surface area contributed by atoms with E-state index in [-0.39, 0.29) is 23.9 Å². The maximum absolute atomic E-state index is 11.6. The number of carbonyl (C=O) groups excluding carboxylic acids is 1. The first kappa shape index (κ1) is 15.5. The molecule has 3 N–H and O–H groups in total. The van der Waals surface area contributed by atoms with Crippen molar-refractivity contribution in [2.45, 2.75) is 45.1 Å². The van der Waals surface area contributed by atoms with E-state index in [1.807, 2.05) is 6.92 Å². The zero-order valence-corrected chi connectivity index (χ0v) is 11.5. The second kappa shape index (κ2) is 7.81. The van der Waals surface area contributed by atoms with Crippen molar-refractivity contribution in [2.75, 3.05) is 6.54 Å². The Morgan fingerprint density at radius 3 is 2.74 bits per heavy atom. The Morgan fingerprint density at radius 1 is 1.42 bits per heavy atom. The standard InChI is InChI=1S/C14H24N2O3/c1-3-6-10(2)16-14(19)15-9-11-7-4-5-8-12(11)13(17)18/h3,10-12H,1,4-9H2,2H3,(H,17,18)(H2,15,16,19). The van der Waals surface area contributed by atoms with Gasteiger partial charge in [0.25, 0.3) is 0 Å². The van der Waals surface area contributed by atoms with Crippen LogP contribution in [0.15, 0.2) is 12.7 Å². The van der Waals surface area contributed by atoms with Crippen molar-refractivity contribution in [3.8, 4) is 0 Å². The summed E-state index contributed by atoms with van der Waals surface area (Å²) in [6.07, 6.45) is 6.08. The van der Waals surface area contributed by atoms with Gasteiger partial charge in [-0.25, -0.2) is 4.79 Å². The average molecular weight is 268 g/mol. The number of carbonyl (C=O) groups is 2. The molecule has 1 aliphatic carbocycles. The van der Waals surface area contributed by atoms with Gasteiger partial charge < -0.3 is 15.7 Å². The largest absolute Gasteiger partial charge is 0.481 e. The number of hydrogen-bond donors (Lipinski definition) is 3. The molecule has 0 spiro atoms. The summed E-state index contributed by atoms with van der Waals surface area (Å²) in [6.45, 7) is 5.96. The van der Waals surface area contributed by atoms with Crippen LogP contribution in [0.25, 0.3) is 0 Å². The Labute approximate surface area is 114 Å². The average Bonchev–Trinajstić information content (AvgIpc) is 2.36. The summed E-state index contributed by atoms with van der Waals surface area (Å²) in [4.78, 5) is 22.8. The monoisotopic (exact) mass is 268 g/mol. The molecule has 1 saturated carbocycles. The third-order valence-corrected chi connectivity index (χ3v) is 3.65. The number of carboxylic acids is 1. The van der Waals surface area contributed by atoms with E-state index in [1.54, 1.807) is 6.08 Å². The van der Waals surface area contributed by atoms with Crippen LogP contribution in [0.5, 0.6) is 0 Å². The molecule has 108 valence electrons. The summed E-state index contributed by atoms with van der Waals surface area (Å²) in [5.41, 5.74) is 0. The minimum Gasteiger partial charge on any atom is -0.481 e. The van der Waals surface area contributed by atoms with Crippen molar-refractivity contribution >= 4 is 12.0 Å². The summed E-state index contributed by atoms with van der Waals surface area (Å²) in [5.74, 6) is -1.02. The van der Waals surface area contributed by atoms with E-state index in [4.69, 9.17) is 5.11 Å². The molecule has 2 amide bonds. The Morgan fingerprint density at radius 2 is 2.11 bits per heavy atom. The molecule has 1 aliphatic rings. The quantitative estimate of drug-likeness (QED) is 0.646. The molecule has 0 bridgehead atoms. The van der Waals surface area contributed by atoms with Gasteiger partial charge in [-0.15, -0.1) is 6.58 Å². The summed E-state index contributed by atoms with van der Waals surface area (Å²) in [5, 5.41) is 14.7. The van der Waals surface area contributed by atoms with Crippen LogP contribution in [-0.4, -0.2) is 29.7 Å². The Kier molecular flexibility index (Phi) is 6.39. The minimum atomic E-state index is -0.744. The molecule has 5 heteroatoms. The molecule has 19 heavy (non-hydrogen) atoms. The summed E-state index contributed by atoms with van der Waals surface area (Å²) in [6, 6.07) is -0.191. The van der Waals surface area contributed by atoms with Crippen LogP contribution in [0.1, 0.15) is 39.0 Å². The fraction of sp³-hybridized carbons (Fsp3) is 0.714. The fourth-order valence-electron chi connectivity index (χ4n) is 2.58. The van der Waals surface area contributed by atoms with E-state index < -0.39 is 5.97 Å². The highest BCUT2D eigenvalue weighted by Crippen LogP contribution is 2.29. The maximum atomic E-state index is 11.6. The lowest BCUT2D eigenvalue weighted by atomic mass is 9.79. The number of aliphatic carboxylic acids is 1. The second-order valence-corrected chi connectivity index (χ2v) is 5.27. The van der Waals surface area contributed by atoms with Crippen LogP contribution in [0, 0.1) is 11.8 Å². The third kappa shape index (κ3) is 5.32. The minimum absolute atomic E-state index is 0.0409. The van der Waals surface area contributed by atoms with E-state index >= 15 is 0 Å². The van der Waals surface area contributed by atoms with Gasteiger partial charge in [-0.05, 0) is 32.1 Å². The molecule has 0 radical (unpaired) electrons. The molecule has 0 aromatic carbocycles. The molecule has 0 aromatic heterocycles. The van der Waals surface area contributed by atoms with Crippen LogP contribution >= 0.6 is 0 Å². The van der Waals surface area contributed by atoms with E-state index in [2.05, 4.69) is 17.2 Å². The van der Waals surface area contributed by atoms with Crippen molar-refractivity contribution in [2.24, 2.45) is 11.8 Å². The molecule has 0 aromatic rings. The second-order valence-electron chi connectivity index (χ2n) is 5.27. The number of hydrogen-bond acceptors (Lipinski definition) is 2. The lowest BCUT2D eigenvalue weighted by Gasteiger charge is -2.28. The lowest BCUT2D eigenvalue weighted by Crippen LogP contribution is -2.44. The Bertz CT molecular complexity index is 331. The molecule has 1 rings (SSSR count). The summed E-state index contributed by atoms with van der Waals surface area (Å²) in [7, 11) is 0. The Hall–Kier alpha value is -1.52. The van der Waals surface area contributed by atoms with E-state index in [1.165, 1.54) is 0 Å². The number of rotatable bonds is 6. The third-order valence-electron chi connectivity index (χ3n) is 3.65. The van der Waals surface area contributed by atoms with Gasteiger partial charge in [0.15, 0.2) is 0 Å². The lowest BCUT2D eigenvalue weighted by molar-refractivity contribution is -0.144. The highest BCUT2D eigenvalue weighted by Gasteiger charge is 2.30. The zero-order valence-electron chi connectivity index (χ0n) is 11.5. The zero-order chi connectivity index (χ0) is 14.3. The van der Waals surface area contributed by atoms with Crippen LogP contribution in [0.2, 0.25) is 0 Å². The van der Waals surface area contributed by atoms with Crippen LogP contribution in [0.4, 0.5) is 4.79 Å². The van der Waals surface area contributed by atoms with Crippen molar-refractivity contribution in [1.29, 1.82) is 0 Å². The van der Waals surface area contributed by atoms with Gasteiger partial charge in [0.05, 0.1) is 5.92 Å². The molecular formula is C14H24N2O3. The first-order chi connectivity index (χ1) is 9.04. The number of amides is 2. The van der Waals surface area contributed by atoms with Gasteiger partial charge in [0.2, 0.25) is 0 Å². The van der Waals surface area contributed by atoms with Crippen molar-refractivity contribution in [3.05, 3.63) is 12.7 Å². The normalized spacial score (nSPS) is 24.3. The summed E-state index contributed by atoms with van der Waals surface area (Å²) < 4.78 is 0. The van der Waals surface area contributed by atoms with Gasteiger partial charge in [-0.3, -0.25) is 4.79 Å².